The van der Waals surface area contributed by atoms with Gasteiger partial charge < -0.3 is 9.13 Å². The fourth-order valence-corrected chi connectivity index (χ4v) is 8.01. The number of hydrogen-bond donors (Lipinski definition) is 0. The molecule has 0 saturated heterocycles. The van der Waals surface area contributed by atoms with Crippen molar-refractivity contribution in [2.45, 2.75) is 12.8 Å². The van der Waals surface area contributed by atoms with Crippen LogP contribution in [0, 0.1) is 0 Å². The predicted molar refractivity (Wildman–Crippen MR) is 211 cm³/mol. The highest BCUT2D eigenvalue weighted by atomic mass is 15.0. The molecular formula is C48H34N2. The predicted octanol–water partition coefficient (Wildman–Crippen LogP) is 12.7. The van der Waals surface area contributed by atoms with E-state index in [-0.39, 0.29) is 0 Å². The number of allylic oxidation sites excluding steroid dienone is 1. The van der Waals surface area contributed by atoms with Crippen LogP contribution in [-0.4, -0.2) is 9.13 Å². The summed E-state index contributed by atoms with van der Waals surface area (Å²) in [6.45, 7) is 0. The van der Waals surface area contributed by atoms with Crippen LogP contribution in [0.25, 0.3) is 83.5 Å². The lowest BCUT2D eigenvalue weighted by Gasteiger charge is -2.13. The molecule has 1 aliphatic carbocycles. The summed E-state index contributed by atoms with van der Waals surface area (Å²) >= 11 is 0. The Balaban J connectivity index is 1.09. The minimum atomic E-state index is 1.05. The smallest absolute Gasteiger partial charge is 0.0541 e. The molecule has 0 radical (unpaired) electrons. The molecule has 0 fully saturated rings. The minimum absolute atomic E-state index is 1.05. The van der Waals surface area contributed by atoms with Gasteiger partial charge in [0.25, 0.3) is 0 Å². The van der Waals surface area contributed by atoms with Crippen molar-refractivity contribution in [3.63, 3.8) is 0 Å². The van der Waals surface area contributed by atoms with Crippen molar-refractivity contribution in [3.8, 4) is 44.8 Å². The highest BCUT2D eigenvalue weighted by molar-refractivity contribution is 6.10. The molecule has 0 aliphatic heterocycles. The minimum Gasteiger partial charge on any atom is -0.310 e. The average molecular weight is 639 g/mol. The van der Waals surface area contributed by atoms with Gasteiger partial charge in [0, 0.05) is 33.2 Å². The van der Waals surface area contributed by atoms with Gasteiger partial charge in [0.05, 0.1) is 16.6 Å². The van der Waals surface area contributed by atoms with Crippen molar-refractivity contribution in [2.24, 2.45) is 0 Å². The van der Waals surface area contributed by atoms with Crippen LogP contribution in [0.4, 0.5) is 0 Å². The van der Waals surface area contributed by atoms with Gasteiger partial charge in [0.2, 0.25) is 0 Å². The maximum atomic E-state index is 2.44. The Morgan fingerprint density at radius 3 is 1.68 bits per heavy atom. The van der Waals surface area contributed by atoms with E-state index < -0.39 is 0 Å². The fourth-order valence-electron chi connectivity index (χ4n) is 8.01. The molecule has 2 heteroatoms. The second-order valence-corrected chi connectivity index (χ2v) is 13.3. The summed E-state index contributed by atoms with van der Waals surface area (Å²) in [6.07, 6.45) is 6.75. The zero-order valence-corrected chi connectivity index (χ0v) is 27.6. The first kappa shape index (κ1) is 28.6. The van der Waals surface area contributed by atoms with Crippen molar-refractivity contribution in [2.75, 3.05) is 0 Å². The summed E-state index contributed by atoms with van der Waals surface area (Å²) in [7, 11) is 0. The van der Waals surface area contributed by atoms with Crippen LogP contribution in [0.3, 0.4) is 0 Å². The van der Waals surface area contributed by atoms with E-state index in [4.69, 9.17) is 0 Å². The van der Waals surface area contributed by atoms with E-state index in [9.17, 15) is 0 Å². The second-order valence-electron chi connectivity index (χ2n) is 13.3. The lowest BCUT2D eigenvalue weighted by Crippen LogP contribution is -2.00. The first-order chi connectivity index (χ1) is 24.8. The molecule has 1 aliphatic rings. The van der Waals surface area contributed by atoms with Crippen LogP contribution in [0.2, 0.25) is 0 Å². The van der Waals surface area contributed by atoms with Gasteiger partial charge in [-0.3, -0.25) is 0 Å². The fraction of sp³-hybridized carbons (Fsp3) is 0.0417. The first-order valence-electron chi connectivity index (χ1n) is 17.5. The summed E-state index contributed by atoms with van der Waals surface area (Å²) in [5.41, 5.74) is 16.2. The molecule has 2 heterocycles. The van der Waals surface area contributed by atoms with E-state index in [1.54, 1.807) is 0 Å². The maximum absolute atomic E-state index is 2.44. The van der Waals surface area contributed by atoms with Crippen molar-refractivity contribution in [3.05, 3.63) is 187 Å². The van der Waals surface area contributed by atoms with Crippen molar-refractivity contribution < 1.29 is 0 Å². The van der Waals surface area contributed by atoms with Gasteiger partial charge in [-0.2, -0.15) is 0 Å². The first-order valence-corrected chi connectivity index (χ1v) is 17.5. The Morgan fingerprint density at radius 1 is 0.360 bits per heavy atom. The number of rotatable bonds is 5. The summed E-state index contributed by atoms with van der Waals surface area (Å²) in [6, 6.07) is 62.0. The molecule has 10 rings (SSSR count). The number of nitrogens with zero attached hydrogens (tertiary/aromatic N) is 2. The number of hydrogen-bond acceptors (Lipinski definition) is 0. The second kappa shape index (κ2) is 11.6. The van der Waals surface area contributed by atoms with Crippen LogP contribution in [0.5, 0.6) is 0 Å². The summed E-state index contributed by atoms with van der Waals surface area (Å²) in [5.74, 6) is 0. The van der Waals surface area contributed by atoms with Crippen LogP contribution >= 0.6 is 0 Å². The van der Waals surface area contributed by atoms with Crippen LogP contribution in [0.15, 0.2) is 176 Å². The largest absolute Gasteiger partial charge is 0.310 e. The monoisotopic (exact) mass is 638 g/mol. The zero-order valence-electron chi connectivity index (χ0n) is 27.6. The Labute approximate surface area is 291 Å². The molecule has 2 nitrogen and oxygen atoms in total. The molecule has 0 saturated carbocycles. The van der Waals surface area contributed by atoms with Gasteiger partial charge in [-0.05, 0) is 112 Å². The molecule has 0 spiro atoms. The van der Waals surface area contributed by atoms with Gasteiger partial charge in [0.15, 0.2) is 0 Å². The van der Waals surface area contributed by atoms with Crippen LogP contribution < -0.4 is 0 Å². The van der Waals surface area contributed by atoms with Crippen molar-refractivity contribution in [1.29, 1.82) is 0 Å². The Morgan fingerprint density at radius 2 is 0.920 bits per heavy atom. The molecule has 50 heavy (non-hydrogen) atoms. The molecule has 236 valence electrons. The number of fused-ring (bicyclic) bond motifs is 6. The normalized spacial score (nSPS) is 12.6. The number of para-hydroxylation sites is 1. The Hall–Kier alpha value is -6.38. The van der Waals surface area contributed by atoms with Gasteiger partial charge in [-0.1, -0.05) is 121 Å². The van der Waals surface area contributed by atoms with Crippen molar-refractivity contribution >= 4 is 38.8 Å². The zero-order chi connectivity index (χ0) is 33.0. The summed E-state index contributed by atoms with van der Waals surface area (Å²) < 4.78 is 4.86. The Kier molecular flexibility index (Phi) is 6.67. The van der Waals surface area contributed by atoms with Gasteiger partial charge in [-0.15, -0.1) is 0 Å². The molecule has 0 amide bonds. The van der Waals surface area contributed by atoms with E-state index in [1.165, 1.54) is 88.7 Å². The molecular weight excluding hydrogens is 605 g/mol. The molecule has 9 aromatic rings. The van der Waals surface area contributed by atoms with Gasteiger partial charge in [0.1, 0.15) is 0 Å². The Bertz CT molecular complexity index is 2730. The lowest BCUT2D eigenvalue weighted by molar-refractivity contribution is 0.967. The average Bonchev–Trinajstić information content (AvgIpc) is 3.71. The van der Waals surface area contributed by atoms with Crippen molar-refractivity contribution in [1.82, 2.24) is 9.13 Å². The van der Waals surface area contributed by atoms with E-state index in [2.05, 4.69) is 191 Å². The number of aromatic nitrogens is 2. The topological polar surface area (TPSA) is 9.86 Å². The third-order valence-electron chi connectivity index (χ3n) is 10.4. The van der Waals surface area contributed by atoms with Crippen LogP contribution in [0.1, 0.15) is 17.7 Å². The third-order valence-corrected chi connectivity index (χ3v) is 10.4. The molecule has 0 unspecified atom stereocenters. The van der Waals surface area contributed by atoms with E-state index in [1.807, 2.05) is 0 Å². The quantitative estimate of drug-likeness (QED) is 0.178. The highest BCUT2D eigenvalue weighted by Gasteiger charge is 2.20. The SMILES string of the molecule is C1=Cc2c(c3cc(-c4ccc5c(c4)c4ccccc4n5-c4cccc(-c5ccccc5)c4)ccc3n2-c2ccc(-c3ccccc3)cc2)CC1. The molecule has 2 aromatic heterocycles. The molecule has 0 bridgehead atoms. The molecule has 7 aromatic carbocycles. The van der Waals surface area contributed by atoms with E-state index in [0.717, 1.165) is 12.8 Å². The van der Waals surface area contributed by atoms with Gasteiger partial charge >= 0.3 is 0 Å². The lowest BCUT2D eigenvalue weighted by atomic mass is 9.97. The van der Waals surface area contributed by atoms with Crippen LogP contribution in [-0.2, 0) is 6.42 Å². The summed E-state index contributed by atoms with van der Waals surface area (Å²) in [5, 5.41) is 3.88. The third kappa shape index (κ3) is 4.64. The molecule has 0 atom stereocenters. The standard InChI is InChI=1S/C48H34N2/c1-3-12-33(13-4-1)35-22-26-39(27-23-35)49-45-20-9-7-18-41(45)43-31-37(24-28-47(43)49)38-25-29-48-44(32-38)42-19-8-10-21-46(42)50(48)40-17-11-16-36(30-40)34-14-5-2-6-15-34/h1-6,8-17,19-32H,7,18H2. The van der Waals surface area contributed by atoms with Gasteiger partial charge in [-0.25, -0.2) is 0 Å². The highest BCUT2D eigenvalue weighted by Crippen LogP contribution is 2.39. The summed E-state index contributed by atoms with van der Waals surface area (Å²) in [4.78, 5) is 0. The maximum Gasteiger partial charge on any atom is 0.0541 e. The number of benzene rings is 7. The molecule has 0 N–H and O–H groups in total. The van der Waals surface area contributed by atoms with E-state index >= 15 is 0 Å². The number of aryl methyl sites for hydroxylation is 1. The van der Waals surface area contributed by atoms with E-state index in [0.29, 0.717) is 0 Å².